The third kappa shape index (κ3) is 2.27. The van der Waals surface area contributed by atoms with E-state index in [0.29, 0.717) is 0 Å². The minimum absolute atomic E-state index is 0.720. The largest absolute Gasteiger partial charge is 0.314 e. The molecule has 1 aromatic heterocycles. The van der Waals surface area contributed by atoms with Crippen LogP contribution < -0.4 is 0 Å². The van der Waals surface area contributed by atoms with Crippen LogP contribution in [0.15, 0.2) is 24.3 Å². The average molecular weight is 262 g/mol. The fourth-order valence-electron chi connectivity index (χ4n) is 2.46. The highest BCUT2D eigenvalue weighted by Gasteiger charge is 2.19. The molecule has 1 atom stereocenters. The molecule has 1 aliphatic heterocycles. The lowest BCUT2D eigenvalue weighted by molar-refractivity contribution is 0.387. The molecule has 0 spiro atoms. The minimum Gasteiger partial charge on any atom is -0.314 e. The van der Waals surface area contributed by atoms with E-state index in [1.807, 2.05) is 12.1 Å². The lowest BCUT2D eigenvalue weighted by atomic mass is 10.0. The van der Waals surface area contributed by atoms with Gasteiger partial charge in [-0.15, -0.1) is 10.2 Å². The molecule has 0 saturated carbocycles. The molecule has 1 aliphatic rings. The van der Waals surface area contributed by atoms with E-state index < -0.39 is 0 Å². The molecule has 0 saturated heterocycles. The average Bonchev–Trinajstić information content (AvgIpc) is 2.75. The van der Waals surface area contributed by atoms with Crippen LogP contribution in [-0.4, -0.2) is 14.8 Å². The van der Waals surface area contributed by atoms with Gasteiger partial charge in [-0.2, -0.15) is 0 Å². The van der Waals surface area contributed by atoms with Crippen LogP contribution in [0.4, 0.5) is 0 Å². The van der Waals surface area contributed by atoms with E-state index in [1.165, 1.54) is 12.0 Å². The summed E-state index contributed by atoms with van der Waals surface area (Å²) in [5.74, 6) is 2.92. The lowest BCUT2D eigenvalue weighted by Crippen LogP contribution is -2.20. The van der Waals surface area contributed by atoms with Crippen molar-refractivity contribution in [2.75, 3.05) is 0 Å². The van der Waals surface area contributed by atoms with Gasteiger partial charge in [-0.05, 0) is 30.0 Å². The molecule has 1 unspecified atom stereocenters. The predicted octanol–water partition coefficient (Wildman–Crippen LogP) is 3.10. The molecule has 2 heterocycles. The molecule has 0 radical (unpaired) electrons. The molecule has 2 aromatic rings. The predicted molar refractivity (Wildman–Crippen MR) is 71.8 cm³/mol. The molecule has 4 heteroatoms. The minimum atomic E-state index is 0.720. The molecular formula is C14H16ClN3. The van der Waals surface area contributed by atoms with Gasteiger partial charge >= 0.3 is 0 Å². The van der Waals surface area contributed by atoms with Gasteiger partial charge in [-0.25, -0.2) is 0 Å². The molecule has 0 aliphatic carbocycles. The normalized spacial score (nSPS) is 18.7. The van der Waals surface area contributed by atoms with E-state index in [0.717, 1.165) is 42.0 Å². The SMILES string of the molecule is CC1CCc2nnc(Cc3ccc(Cl)cc3)n2C1. The first kappa shape index (κ1) is 11.7. The summed E-state index contributed by atoms with van der Waals surface area (Å²) in [5.41, 5.74) is 1.23. The summed E-state index contributed by atoms with van der Waals surface area (Å²) in [6.45, 7) is 3.33. The number of aryl methyl sites for hydroxylation is 1. The lowest BCUT2D eigenvalue weighted by Gasteiger charge is -2.20. The third-order valence-electron chi connectivity index (χ3n) is 3.53. The van der Waals surface area contributed by atoms with Crippen molar-refractivity contribution in [3.8, 4) is 0 Å². The fraction of sp³-hybridized carbons (Fsp3) is 0.429. The number of rotatable bonds is 2. The molecule has 18 heavy (non-hydrogen) atoms. The summed E-state index contributed by atoms with van der Waals surface area (Å²) in [7, 11) is 0. The molecule has 0 N–H and O–H groups in total. The van der Waals surface area contributed by atoms with Crippen molar-refractivity contribution < 1.29 is 0 Å². The van der Waals surface area contributed by atoms with E-state index in [4.69, 9.17) is 11.6 Å². The molecule has 3 nitrogen and oxygen atoms in total. The first-order valence-electron chi connectivity index (χ1n) is 6.38. The smallest absolute Gasteiger partial charge is 0.137 e. The van der Waals surface area contributed by atoms with E-state index in [9.17, 15) is 0 Å². The Morgan fingerprint density at radius 2 is 2.06 bits per heavy atom. The van der Waals surface area contributed by atoms with Crippen molar-refractivity contribution in [1.29, 1.82) is 0 Å². The first-order valence-corrected chi connectivity index (χ1v) is 6.75. The van der Waals surface area contributed by atoms with Crippen LogP contribution in [0.1, 0.15) is 30.6 Å². The number of nitrogens with zero attached hydrogens (tertiary/aromatic N) is 3. The monoisotopic (exact) mass is 261 g/mol. The number of fused-ring (bicyclic) bond motifs is 1. The van der Waals surface area contributed by atoms with Crippen molar-refractivity contribution in [2.45, 2.75) is 32.7 Å². The molecule has 94 valence electrons. The summed E-state index contributed by atoms with van der Waals surface area (Å²) < 4.78 is 2.28. The Bertz CT molecular complexity index is 545. The molecule has 3 rings (SSSR count). The van der Waals surface area contributed by atoms with Gasteiger partial charge in [0.25, 0.3) is 0 Å². The Morgan fingerprint density at radius 1 is 1.28 bits per heavy atom. The van der Waals surface area contributed by atoms with Crippen LogP contribution in [0.3, 0.4) is 0 Å². The van der Waals surface area contributed by atoms with Crippen molar-refractivity contribution in [1.82, 2.24) is 14.8 Å². The first-order chi connectivity index (χ1) is 8.72. The van der Waals surface area contributed by atoms with Crippen LogP contribution in [0.5, 0.6) is 0 Å². The van der Waals surface area contributed by atoms with E-state index in [2.05, 4.69) is 33.8 Å². The number of aromatic nitrogens is 3. The van der Waals surface area contributed by atoms with Crippen molar-refractivity contribution in [3.05, 3.63) is 46.5 Å². The summed E-state index contributed by atoms with van der Waals surface area (Å²) in [5, 5.41) is 9.40. The zero-order chi connectivity index (χ0) is 12.5. The fourth-order valence-corrected chi connectivity index (χ4v) is 2.59. The van der Waals surface area contributed by atoms with Gasteiger partial charge in [-0.1, -0.05) is 30.7 Å². The van der Waals surface area contributed by atoms with Gasteiger partial charge in [0.05, 0.1) is 0 Å². The maximum Gasteiger partial charge on any atom is 0.137 e. The summed E-state index contributed by atoms with van der Waals surface area (Å²) in [6.07, 6.45) is 3.10. The van der Waals surface area contributed by atoms with Gasteiger partial charge < -0.3 is 4.57 Å². The van der Waals surface area contributed by atoms with E-state index >= 15 is 0 Å². The molecule has 0 bridgehead atoms. The second kappa shape index (κ2) is 4.73. The molecular weight excluding hydrogens is 246 g/mol. The van der Waals surface area contributed by atoms with Gasteiger partial charge in [0.15, 0.2) is 0 Å². The Labute approximate surface area is 112 Å². The van der Waals surface area contributed by atoms with Crippen molar-refractivity contribution >= 4 is 11.6 Å². The second-order valence-electron chi connectivity index (χ2n) is 5.09. The number of hydrogen-bond donors (Lipinski definition) is 0. The van der Waals surface area contributed by atoms with Gasteiger partial charge in [-0.3, -0.25) is 0 Å². The zero-order valence-corrected chi connectivity index (χ0v) is 11.2. The highest BCUT2D eigenvalue weighted by atomic mass is 35.5. The van der Waals surface area contributed by atoms with Crippen LogP contribution in [0.25, 0.3) is 0 Å². The van der Waals surface area contributed by atoms with E-state index in [1.54, 1.807) is 0 Å². The Balaban J connectivity index is 1.85. The molecule has 0 amide bonds. The summed E-state index contributed by atoms with van der Waals surface area (Å²) in [4.78, 5) is 0. The number of benzene rings is 1. The Kier molecular flexibility index (Phi) is 3.08. The van der Waals surface area contributed by atoms with Crippen LogP contribution in [-0.2, 0) is 19.4 Å². The number of halogens is 1. The maximum atomic E-state index is 5.89. The number of hydrogen-bond acceptors (Lipinski definition) is 2. The highest BCUT2D eigenvalue weighted by Crippen LogP contribution is 2.21. The Hall–Kier alpha value is -1.35. The topological polar surface area (TPSA) is 30.7 Å². The van der Waals surface area contributed by atoms with Crippen LogP contribution in [0.2, 0.25) is 5.02 Å². The summed E-state index contributed by atoms with van der Waals surface area (Å²) in [6, 6.07) is 7.95. The van der Waals surface area contributed by atoms with Crippen LogP contribution in [0, 0.1) is 5.92 Å². The summed E-state index contributed by atoms with van der Waals surface area (Å²) >= 11 is 5.89. The third-order valence-corrected chi connectivity index (χ3v) is 3.79. The van der Waals surface area contributed by atoms with Crippen molar-refractivity contribution in [2.24, 2.45) is 5.92 Å². The van der Waals surface area contributed by atoms with E-state index in [-0.39, 0.29) is 0 Å². The van der Waals surface area contributed by atoms with Gasteiger partial charge in [0.2, 0.25) is 0 Å². The highest BCUT2D eigenvalue weighted by molar-refractivity contribution is 6.30. The second-order valence-corrected chi connectivity index (χ2v) is 5.53. The quantitative estimate of drug-likeness (QED) is 0.832. The molecule has 0 fully saturated rings. The van der Waals surface area contributed by atoms with Crippen LogP contribution >= 0.6 is 11.6 Å². The maximum absolute atomic E-state index is 5.89. The molecule has 1 aromatic carbocycles. The zero-order valence-electron chi connectivity index (χ0n) is 10.4. The standard InChI is InChI=1S/C14H16ClN3/c1-10-2-7-13-16-17-14(18(13)9-10)8-11-3-5-12(15)6-4-11/h3-6,10H,2,7-9H2,1H3. The van der Waals surface area contributed by atoms with Gasteiger partial charge in [0, 0.05) is 24.4 Å². The van der Waals surface area contributed by atoms with Crippen molar-refractivity contribution in [3.63, 3.8) is 0 Å². The Morgan fingerprint density at radius 3 is 2.83 bits per heavy atom. The van der Waals surface area contributed by atoms with Gasteiger partial charge in [0.1, 0.15) is 11.6 Å².